The summed E-state index contributed by atoms with van der Waals surface area (Å²) in [6.07, 6.45) is 4.46. The minimum atomic E-state index is -0.173. The molecule has 0 atom stereocenters. The van der Waals surface area contributed by atoms with Crippen LogP contribution in [0.4, 0.5) is 11.5 Å². The molecule has 1 aromatic heterocycles. The molecular weight excluding hydrogens is 314 g/mol. The van der Waals surface area contributed by atoms with Crippen molar-refractivity contribution in [2.24, 2.45) is 11.8 Å². The number of pyridine rings is 1. The molecule has 3 rings (SSSR count). The van der Waals surface area contributed by atoms with E-state index in [-0.39, 0.29) is 17.7 Å². The lowest BCUT2D eigenvalue weighted by molar-refractivity contribution is -0.117. The molecule has 2 amide bonds. The highest BCUT2D eigenvalue weighted by atomic mass is 16.2. The number of amides is 2. The van der Waals surface area contributed by atoms with Crippen LogP contribution in [0, 0.1) is 11.8 Å². The topological polar surface area (TPSA) is 71.1 Å². The van der Waals surface area contributed by atoms with Crippen LogP contribution in [0.1, 0.15) is 42.6 Å². The first-order valence-corrected chi connectivity index (χ1v) is 8.68. The van der Waals surface area contributed by atoms with Crippen molar-refractivity contribution in [3.05, 3.63) is 53.7 Å². The van der Waals surface area contributed by atoms with Crippen LogP contribution in [0.15, 0.2) is 42.6 Å². The van der Waals surface area contributed by atoms with E-state index in [0.717, 1.165) is 19.3 Å². The van der Waals surface area contributed by atoms with Gasteiger partial charge in [0, 0.05) is 11.5 Å². The molecule has 1 heterocycles. The van der Waals surface area contributed by atoms with Crippen LogP contribution in [0.25, 0.3) is 0 Å². The Kier molecular flexibility index (Phi) is 5.12. The van der Waals surface area contributed by atoms with Crippen molar-refractivity contribution in [1.29, 1.82) is 0 Å². The molecule has 0 saturated heterocycles. The Morgan fingerprint density at radius 3 is 2.36 bits per heavy atom. The maximum absolute atomic E-state index is 12.3. The summed E-state index contributed by atoms with van der Waals surface area (Å²) in [5.74, 6) is 1.08. The van der Waals surface area contributed by atoms with E-state index >= 15 is 0 Å². The minimum absolute atomic E-state index is 0.0192. The van der Waals surface area contributed by atoms with Crippen LogP contribution >= 0.6 is 0 Å². The number of anilines is 2. The molecule has 1 saturated carbocycles. The van der Waals surface area contributed by atoms with Crippen molar-refractivity contribution >= 4 is 23.3 Å². The van der Waals surface area contributed by atoms with Gasteiger partial charge in [-0.3, -0.25) is 9.59 Å². The Morgan fingerprint density at radius 2 is 1.80 bits per heavy atom. The van der Waals surface area contributed by atoms with Crippen molar-refractivity contribution in [2.75, 3.05) is 10.6 Å². The molecule has 5 nitrogen and oxygen atoms in total. The van der Waals surface area contributed by atoms with Gasteiger partial charge in [0.05, 0.1) is 11.9 Å². The number of carbonyl (C=O) groups excluding carboxylic acids is 2. The van der Waals surface area contributed by atoms with Crippen LogP contribution < -0.4 is 10.6 Å². The van der Waals surface area contributed by atoms with Gasteiger partial charge in [-0.15, -0.1) is 0 Å². The summed E-state index contributed by atoms with van der Waals surface area (Å²) in [4.78, 5) is 28.2. The molecule has 0 spiro atoms. The number of aromatic nitrogens is 1. The van der Waals surface area contributed by atoms with Gasteiger partial charge < -0.3 is 10.6 Å². The highest BCUT2D eigenvalue weighted by Gasteiger charge is 2.29. The lowest BCUT2D eigenvalue weighted by atomic mass is 10.0. The van der Waals surface area contributed by atoms with Gasteiger partial charge in [0.2, 0.25) is 5.91 Å². The minimum Gasteiger partial charge on any atom is -0.321 e. The van der Waals surface area contributed by atoms with E-state index in [9.17, 15) is 9.59 Å². The highest BCUT2D eigenvalue weighted by Crippen LogP contribution is 2.30. The Bertz CT molecular complexity index is 748. The molecule has 0 aliphatic heterocycles. The third kappa shape index (κ3) is 4.89. The van der Waals surface area contributed by atoms with Gasteiger partial charge in [0.15, 0.2) is 0 Å². The molecule has 0 radical (unpaired) electrons. The Morgan fingerprint density at radius 1 is 1.08 bits per heavy atom. The summed E-state index contributed by atoms with van der Waals surface area (Å²) in [5.41, 5.74) is 2.43. The largest absolute Gasteiger partial charge is 0.321 e. The molecule has 1 fully saturated rings. The number of hydrogen-bond donors (Lipinski definition) is 2. The van der Waals surface area contributed by atoms with Gasteiger partial charge in [0.1, 0.15) is 5.82 Å². The van der Waals surface area contributed by atoms with Crippen molar-refractivity contribution in [3.63, 3.8) is 0 Å². The SMILES string of the molecule is CC(C)Cc1ccc(C(=O)Nc2ccc(NC(=O)C3CC3)nc2)cc1. The first-order chi connectivity index (χ1) is 12.0. The maximum Gasteiger partial charge on any atom is 0.255 e. The molecule has 130 valence electrons. The Balaban J connectivity index is 1.57. The molecule has 1 aliphatic carbocycles. The zero-order valence-electron chi connectivity index (χ0n) is 14.6. The lowest BCUT2D eigenvalue weighted by Crippen LogP contribution is -2.15. The van der Waals surface area contributed by atoms with Crippen LogP contribution in [-0.4, -0.2) is 16.8 Å². The number of carbonyl (C=O) groups is 2. The van der Waals surface area contributed by atoms with Gasteiger partial charge in [-0.05, 0) is 55.0 Å². The van der Waals surface area contributed by atoms with Gasteiger partial charge in [0.25, 0.3) is 5.91 Å². The van der Waals surface area contributed by atoms with E-state index in [4.69, 9.17) is 0 Å². The van der Waals surface area contributed by atoms with E-state index < -0.39 is 0 Å². The summed E-state index contributed by atoms with van der Waals surface area (Å²) >= 11 is 0. The van der Waals surface area contributed by atoms with Crippen molar-refractivity contribution < 1.29 is 9.59 Å². The van der Waals surface area contributed by atoms with Crippen molar-refractivity contribution in [1.82, 2.24) is 4.98 Å². The van der Waals surface area contributed by atoms with Gasteiger partial charge in [-0.2, -0.15) is 0 Å². The predicted molar refractivity (Wildman–Crippen MR) is 98.5 cm³/mol. The predicted octanol–water partition coefficient (Wildman–Crippen LogP) is 3.88. The number of nitrogens with zero attached hydrogens (tertiary/aromatic N) is 1. The molecule has 25 heavy (non-hydrogen) atoms. The number of nitrogens with one attached hydrogen (secondary N) is 2. The average molecular weight is 337 g/mol. The summed E-state index contributed by atoms with van der Waals surface area (Å²) in [5, 5.41) is 5.59. The normalized spacial score (nSPS) is 13.6. The second-order valence-electron chi connectivity index (χ2n) is 6.94. The van der Waals surface area contributed by atoms with Crippen molar-refractivity contribution in [3.8, 4) is 0 Å². The third-order valence-electron chi connectivity index (χ3n) is 4.08. The average Bonchev–Trinajstić information content (AvgIpc) is 3.42. The van der Waals surface area contributed by atoms with E-state index in [2.05, 4.69) is 29.5 Å². The van der Waals surface area contributed by atoms with Crippen LogP contribution in [-0.2, 0) is 11.2 Å². The zero-order chi connectivity index (χ0) is 17.8. The first kappa shape index (κ1) is 17.1. The Labute approximate surface area is 147 Å². The maximum atomic E-state index is 12.3. The fraction of sp³-hybridized carbons (Fsp3) is 0.350. The number of rotatable bonds is 6. The first-order valence-electron chi connectivity index (χ1n) is 8.68. The van der Waals surface area contributed by atoms with E-state index in [1.807, 2.05) is 24.3 Å². The lowest BCUT2D eigenvalue weighted by Gasteiger charge is -2.08. The van der Waals surface area contributed by atoms with Crippen LogP contribution in [0.5, 0.6) is 0 Å². The molecule has 1 aromatic carbocycles. The van der Waals surface area contributed by atoms with Crippen LogP contribution in [0.3, 0.4) is 0 Å². The summed E-state index contributed by atoms with van der Waals surface area (Å²) in [6, 6.07) is 11.1. The fourth-order valence-corrected chi connectivity index (χ4v) is 2.58. The smallest absolute Gasteiger partial charge is 0.255 e. The summed E-state index contributed by atoms with van der Waals surface area (Å²) in [7, 11) is 0. The van der Waals surface area contributed by atoms with E-state index in [0.29, 0.717) is 23.0 Å². The highest BCUT2D eigenvalue weighted by molar-refractivity contribution is 6.04. The molecule has 5 heteroatoms. The number of hydrogen-bond acceptors (Lipinski definition) is 3. The second-order valence-corrected chi connectivity index (χ2v) is 6.94. The molecule has 0 bridgehead atoms. The Hall–Kier alpha value is -2.69. The summed E-state index contributed by atoms with van der Waals surface area (Å²) < 4.78 is 0. The molecule has 2 N–H and O–H groups in total. The third-order valence-corrected chi connectivity index (χ3v) is 4.08. The summed E-state index contributed by atoms with van der Waals surface area (Å²) in [6.45, 7) is 4.34. The van der Waals surface area contributed by atoms with Crippen molar-refractivity contribution in [2.45, 2.75) is 33.1 Å². The number of benzene rings is 1. The second kappa shape index (κ2) is 7.47. The van der Waals surface area contributed by atoms with E-state index in [1.54, 1.807) is 18.3 Å². The monoisotopic (exact) mass is 337 g/mol. The molecule has 2 aromatic rings. The zero-order valence-corrected chi connectivity index (χ0v) is 14.6. The molecular formula is C20H23N3O2. The van der Waals surface area contributed by atoms with E-state index in [1.165, 1.54) is 5.56 Å². The molecule has 0 unspecified atom stereocenters. The fourth-order valence-electron chi connectivity index (χ4n) is 2.58. The van der Waals surface area contributed by atoms with Gasteiger partial charge in [-0.1, -0.05) is 26.0 Å². The van der Waals surface area contributed by atoms with Gasteiger partial charge >= 0.3 is 0 Å². The standard InChI is InChI=1S/C20H23N3O2/c1-13(2)11-14-3-5-15(6-4-14)19(24)22-17-9-10-18(21-12-17)23-20(25)16-7-8-16/h3-6,9-10,12-13,16H,7-8,11H2,1-2H3,(H,22,24)(H,21,23,25). The van der Waals surface area contributed by atoms with Crippen LogP contribution in [0.2, 0.25) is 0 Å². The molecule has 1 aliphatic rings. The van der Waals surface area contributed by atoms with Gasteiger partial charge in [-0.25, -0.2) is 4.98 Å². The quantitative estimate of drug-likeness (QED) is 0.840.